The van der Waals surface area contributed by atoms with Crippen LogP contribution in [0.15, 0.2) is 52.0 Å². The van der Waals surface area contributed by atoms with E-state index in [0.717, 1.165) is 16.1 Å². The van der Waals surface area contributed by atoms with Crippen molar-refractivity contribution < 1.29 is 8.78 Å². The van der Waals surface area contributed by atoms with E-state index in [1.165, 1.54) is 12.1 Å². The number of nitrogens with zero attached hydrogens (tertiary/aromatic N) is 1. The van der Waals surface area contributed by atoms with Crippen molar-refractivity contribution in [3.63, 3.8) is 0 Å². The minimum absolute atomic E-state index is 0.137. The van der Waals surface area contributed by atoms with Crippen LogP contribution in [0.25, 0.3) is 0 Å². The van der Waals surface area contributed by atoms with E-state index in [-0.39, 0.29) is 5.69 Å². The van der Waals surface area contributed by atoms with Crippen LogP contribution in [0.2, 0.25) is 0 Å². The second-order valence-corrected chi connectivity index (χ2v) is 4.86. The Hall–Kier alpha value is -1.75. The molecule has 0 heterocycles. The summed E-state index contributed by atoms with van der Waals surface area (Å²) in [6.45, 7) is 1.80. The van der Waals surface area contributed by atoms with E-state index in [0.29, 0.717) is 5.71 Å². The summed E-state index contributed by atoms with van der Waals surface area (Å²) >= 11 is 3.35. The molecule has 2 aromatic rings. The van der Waals surface area contributed by atoms with Gasteiger partial charge in [-0.1, -0.05) is 28.1 Å². The zero-order chi connectivity index (χ0) is 13.8. The first-order valence-corrected chi connectivity index (χ1v) is 6.37. The van der Waals surface area contributed by atoms with Gasteiger partial charge in [-0.05, 0) is 36.8 Å². The van der Waals surface area contributed by atoms with Crippen molar-refractivity contribution in [1.82, 2.24) is 0 Å². The van der Waals surface area contributed by atoms with Gasteiger partial charge in [-0.2, -0.15) is 5.10 Å². The van der Waals surface area contributed by atoms with Gasteiger partial charge >= 0.3 is 0 Å². The van der Waals surface area contributed by atoms with Crippen molar-refractivity contribution in [2.45, 2.75) is 6.92 Å². The summed E-state index contributed by atoms with van der Waals surface area (Å²) in [5, 5.41) is 4.07. The van der Waals surface area contributed by atoms with Crippen LogP contribution in [-0.2, 0) is 0 Å². The van der Waals surface area contributed by atoms with Crippen molar-refractivity contribution >= 4 is 27.3 Å². The van der Waals surface area contributed by atoms with E-state index in [9.17, 15) is 8.78 Å². The Morgan fingerprint density at radius 1 is 1.11 bits per heavy atom. The summed E-state index contributed by atoms with van der Waals surface area (Å²) in [4.78, 5) is 0. The van der Waals surface area contributed by atoms with Gasteiger partial charge in [0, 0.05) is 10.5 Å². The average Bonchev–Trinajstić information content (AvgIpc) is 2.38. The van der Waals surface area contributed by atoms with Gasteiger partial charge in [0.25, 0.3) is 0 Å². The summed E-state index contributed by atoms with van der Waals surface area (Å²) in [6.07, 6.45) is 0. The highest BCUT2D eigenvalue weighted by Crippen LogP contribution is 2.16. The highest BCUT2D eigenvalue weighted by Gasteiger charge is 2.03. The third-order valence-corrected chi connectivity index (χ3v) is 3.07. The highest BCUT2D eigenvalue weighted by atomic mass is 79.9. The topological polar surface area (TPSA) is 24.4 Å². The maximum Gasteiger partial charge on any atom is 0.151 e. The van der Waals surface area contributed by atoms with Gasteiger partial charge in [-0.3, -0.25) is 5.43 Å². The number of anilines is 1. The lowest BCUT2D eigenvalue weighted by Gasteiger charge is -2.05. The lowest BCUT2D eigenvalue weighted by Crippen LogP contribution is -2.01. The first kappa shape index (κ1) is 13.7. The molecular weight excluding hydrogens is 314 g/mol. The first-order chi connectivity index (χ1) is 9.06. The Balaban J connectivity index is 2.15. The number of rotatable bonds is 3. The van der Waals surface area contributed by atoms with Gasteiger partial charge in [0.15, 0.2) is 5.82 Å². The van der Waals surface area contributed by atoms with E-state index >= 15 is 0 Å². The van der Waals surface area contributed by atoms with Crippen LogP contribution in [0.1, 0.15) is 12.5 Å². The van der Waals surface area contributed by atoms with Gasteiger partial charge in [0.2, 0.25) is 0 Å². The smallest absolute Gasteiger partial charge is 0.151 e. The van der Waals surface area contributed by atoms with Gasteiger partial charge < -0.3 is 0 Å². The average molecular weight is 325 g/mol. The predicted molar refractivity (Wildman–Crippen MR) is 76.3 cm³/mol. The van der Waals surface area contributed by atoms with Gasteiger partial charge in [-0.15, -0.1) is 0 Å². The quantitative estimate of drug-likeness (QED) is 0.649. The Kier molecular flexibility index (Phi) is 4.27. The minimum atomic E-state index is -0.674. The maximum absolute atomic E-state index is 13.4. The van der Waals surface area contributed by atoms with Gasteiger partial charge in [0.1, 0.15) is 5.82 Å². The van der Waals surface area contributed by atoms with Crippen LogP contribution in [-0.4, -0.2) is 5.71 Å². The fourth-order valence-corrected chi connectivity index (χ4v) is 1.74. The Morgan fingerprint density at radius 2 is 1.79 bits per heavy atom. The zero-order valence-electron chi connectivity index (χ0n) is 10.1. The molecule has 98 valence electrons. The molecule has 1 N–H and O–H groups in total. The van der Waals surface area contributed by atoms with Crippen LogP contribution in [0.4, 0.5) is 14.5 Å². The molecule has 0 fully saturated rings. The lowest BCUT2D eigenvalue weighted by atomic mass is 10.1. The molecular formula is C14H11BrF2N2. The molecule has 0 unspecified atom stereocenters. The summed E-state index contributed by atoms with van der Waals surface area (Å²) in [5.41, 5.74) is 4.34. The summed E-state index contributed by atoms with van der Waals surface area (Å²) in [6, 6.07) is 10.9. The Morgan fingerprint density at radius 3 is 2.42 bits per heavy atom. The molecule has 5 heteroatoms. The molecule has 0 bridgehead atoms. The third-order valence-electron chi connectivity index (χ3n) is 2.54. The number of nitrogens with one attached hydrogen (secondary N) is 1. The number of halogens is 3. The standard InChI is InChI=1S/C14H11BrF2N2/c1-9(10-2-4-11(15)5-3-10)18-19-14-7-6-12(16)8-13(14)17/h2-8,19H,1H3/b18-9+. The normalized spacial score (nSPS) is 11.5. The third kappa shape index (κ3) is 3.61. The number of hydrazone groups is 1. The molecule has 0 aliphatic heterocycles. The number of hydrogen-bond acceptors (Lipinski definition) is 2. The number of hydrogen-bond donors (Lipinski definition) is 1. The summed E-state index contributed by atoms with van der Waals surface area (Å²) in [5.74, 6) is -1.29. The van der Waals surface area contributed by atoms with Gasteiger partial charge in [-0.25, -0.2) is 8.78 Å². The van der Waals surface area contributed by atoms with E-state index in [2.05, 4.69) is 26.5 Å². The SMILES string of the molecule is C/C(=N\Nc1ccc(F)cc1F)c1ccc(Br)cc1. The maximum atomic E-state index is 13.4. The molecule has 0 radical (unpaired) electrons. The van der Waals surface area contributed by atoms with Crippen LogP contribution < -0.4 is 5.43 Å². The van der Waals surface area contributed by atoms with Crippen molar-refractivity contribution in [1.29, 1.82) is 0 Å². The fourth-order valence-electron chi connectivity index (χ4n) is 1.48. The molecule has 2 nitrogen and oxygen atoms in total. The minimum Gasteiger partial charge on any atom is -0.275 e. The molecule has 0 aromatic heterocycles. The second kappa shape index (κ2) is 5.93. The number of benzene rings is 2. The molecule has 2 aromatic carbocycles. The van der Waals surface area contributed by atoms with E-state index in [4.69, 9.17) is 0 Å². The van der Waals surface area contributed by atoms with Crippen LogP contribution in [0.3, 0.4) is 0 Å². The first-order valence-electron chi connectivity index (χ1n) is 5.57. The lowest BCUT2D eigenvalue weighted by molar-refractivity contribution is 0.585. The van der Waals surface area contributed by atoms with Crippen molar-refractivity contribution in [3.8, 4) is 0 Å². The van der Waals surface area contributed by atoms with Crippen molar-refractivity contribution in [3.05, 3.63) is 64.1 Å². The molecule has 19 heavy (non-hydrogen) atoms. The zero-order valence-corrected chi connectivity index (χ0v) is 11.7. The van der Waals surface area contributed by atoms with E-state index in [1.54, 1.807) is 6.92 Å². The summed E-state index contributed by atoms with van der Waals surface area (Å²) < 4.78 is 27.1. The Bertz CT molecular complexity index is 609. The largest absolute Gasteiger partial charge is 0.275 e. The van der Waals surface area contributed by atoms with Crippen LogP contribution in [0, 0.1) is 11.6 Å². The van der Waals surface area contributed by atoms with E-state index < -0.39 is 11.6 Å². The molecule has 0 saturated carbocycles. The molecule has 0 aliphatic carbocycles. The molecule has 0 amide bonds. The summed E-state index contributed by atoms with van der Waals surface area (Å²) in [7, 11) is 0. The molecule has 0 spiro atoms. The molecule has 0 aliphatic rings. The predicted octanol–water partition coefficient (Wildman–Crippen LogP) is 4.56. The van der Waals surface area contributed by atoms with E-state index in [1.807, 2.05) is 24.3 Å². The molecule has 2 rings (SSSR count). The van der Waals surface area contributed by atoms with Crippen molar-refractivity contribution in [2.75, 3.05) is 5.43 Å². The highest BCUT2D eigenvalue weighted by molar-refractivity contribution is 9.10. The fraction of sp³-hybridized carbons (Fsp3) is 0.0714. The monoisotopic (exact) mass is 324 g/mol. The molecule has 0 saturated heterocycles. The second-order valence-electron chi connectivity index (χ2n) is 3.94. The Labute approximate surface area is 118 Å². The van der Waals surface area contributed by atoms with Crippen molar-refractivity contribution in [2.24, 2.45) is 5.10 Å². The van der Waals surface area contributed by atoms with Crippen LogP contribution in [0.5, 0.6) is 0 Å². The van der Waals surface area contributed by atoms with Gasteiger partial charge in [0.05, 0.1) is 11.4 Å². The molecule has 0 atom stereocenters. The van der Waals surface area contributed by atoms with Crippen LogP contribution >= 0.6 is 15.9 Å².